The molecule has 52 valence electrons. The maximum absolute atomic E-state index is 9.71. The molecular formula is C2H8ClNO3S. The van der Waals surface area contributed by atoms with E-state index in [1.165, 1.54) is 0 Å². The van der Waals surface area contributed by atoms with Crippen LogP contribution in [-0.2, 0) is 10.1 Å². The van der Waals surface area contributed by atoms with Gasteiger partial charge in [-0.25, -0.2) is 0 Å². The van der Waals surface area contributed by atoms with Crippen molar-refractivity contribution in [3.05, 3.63) is 0 Å². The van der Waals surface area contributed by atoms with Crippen LogP contribution in [0.15, 0.2) is 0 Å². The predicted molar refractivity (Wildman–Crippen MR) is 32.7 cm³/mol. The molecule has 8 heavy (non-hydrogen) atoms. The molecule has 6 heteroatoms. The van der Waals surface area contributed by atoms with Gasteiger partial charge in [0, 0.05) is 6.54 Å². The zero-order valence-electron chi connectivity index (χ0n) is 4.07. The summed E-state index contributed by atoms with van der Waals surface area (Å²) in [6, 6.07) is 0. The van der Waals surface area contributed by atoms with Gasteiger partial charge in [-0.15, -0.1) is 12.4 Å². The first-order valence-corrected chi connectivity index (χ1v) is 3.32. The topological polar surface area (TPSA) is 80.4 Å². The van der Waals surface area contributed by atoms with Crippen LogP contribution in [0.5, 0.6) is 0 Å². The Labute approximate surface area is 54.2 Å². The third-order valence-electron chi connectivity index (χ3n) is 0.376. The fourth-order valence-electron chi connectivity index (χ4n) is 0.149. The van der Waals surface area contributed by atoms with E-state index in [1.807, 2.05) is 0 Å². The largest absolute Gasteiger partial charge is 0.329 e. The Hall–Kier alpha value is 0.160. The lowest BCUT2D eigenvalue weighted by molar-refractivity contribution is 0.483. The first-order chi connectivity index (χ1) is 3.06. The van der Waals surface area contributed by atoms with E-state index in [-0.39, 0.29) is 24.7 Å². The van der Waals surface area contributed by atoms with Gasteiger partial charge in [0.15, 0.2) is 0 Å². The molecule has 0 rings (SSSR count). The molecule has 0 saturated heterocycles. The van der Waals surface area contributed by atoms with E-state index >= 15 is 0 Å². The van der Waals surface area contributed by atoms with Gasteiger partial charge in [0.2, 0.25) is 0 Å². The molecule has 0 heterocycles. The van der Waals surface area contributed by atoms with Gasteiger partial charge in [-0.3, -0.25) is 4.55 Å². The summed E-state index contributed by atoms with van der Waals surface area (Å²) in [5.41, 5.74) is 4.78. The molecule has 0 radical (unpaired) electrons. The highest BCUT2D eigenvalue weighted by Crippen LogP contribution is 1.74. The van der Waals surface area contributed by atoms with Gasteiger partial charge in [-0.05, 0) is 0 Å². The molecule has 0 aliphatic heterocycles. The molecule has 0 aromatic heterocycles. The van der Waals surface area contributed by atoms with Crippen LogP contribution in [0.4, 0.5) is 0 Å². The highest BCUT2D eigenvalue weighted by Gasteiger charge is 1.98. The number of halogens is 1. The molecule has 0 unspecified atom stereocenters. The van der Waals surface area contributed by atoms with Gasteiger partial charge < -0.3 is 5.73 Å². The van der Waals surface area contributed by atoms with Crippen molar-refractivity contribution >= 4 is 22.5 Å². The van der Waals surface area contributed by atoms with Gasteiger partial charge in [-0.2, -0.15) is 8.42 Å². The van der Waals surface area contributed by atoms with Crippen molar-refractivity contribution in [1.29, 1.82) is 0 Å². The Morgan fingerprint density at radius 2 is 1.88 bits per heavy atom. The lowest BCUT2D eigenvalue weighted by atomic mass is 10.8. The summed E-state index contributed by atoms with van der Waals surface area (Å²) in [5, 5.41) is 0. The van der Waals surface area contributed by atoms with Gasteiger partial charge >= 0.3 is 0 Å². The maximum Gasteiger partial charge on any atom is 0.266 e. The molecule has 0 amide bonds. The summed E-state index contributed by atoms with van der Waals surface area (Å²) in [6.07, 6.45) is 0. The second-order valence-corrected chi connectivity index (χ2v) is 2.65. The standard InChI is InChI=1S/C2H7NO3S.ClH/c3-1-2-7(4,5)6;/h1-3H2,(H,4,5,6);1H. The lowest BCUT2D eigenvalue weighted by Crippen LogP contribution is -2.13. The van der Waals surface area contributed by atoms with Gasteiger partial charge in [0.05, 0.1) is 5.75 Å². The van der Waals surface area contributed by atoms with Crippen LogP contribution in [0.25, 0.3) is 0 Å². The Morgan fingerprint density at radius 1 is 1.50 bits per heavy atom. The van der Waals surface area contributed by atoms with Crippen LogP contribution in [0.1, 0.15) is 0 Å². The SMILES string of the molecule is Cl.NCCS(=O)(=O)O. The van der Waals surface area contributed by atoms with Crippen molar-refractivity contribution in [2.75, 3.05) is 12.3 Å². The Kier molecular flexibility index (Phi) is 5.62. The van der Waals surface area contributed by atoms with Crippen LogP contribution >= 0.6 is 12.4 Å². The molecule has 0 aromatic rings. The minimum Gasteiger partial charge on any atom is -0.329 e. The number of hydrogen-bond donors (Lipinski definition) is 2. The summed E-state index contributed by atoms with van der Waals surface area (Å²) in [5.74, 6) is -0.354. The molecule has 0 atom stereocenters. The van der Waals surface area contributed by atoms with Crippen molar-refractivity contribution in [1.82, 2.24) is 0 Å². The van der Waals surface area contributed by atoms with E-state index in [2.05, 4.69) is 0 Å². The van der Waals surface area contributed by atoms with E-state index in [9.17, 15) is 8.42 Å². The predicted octanol–water partition coefficient (Wildman–Crippen LogP) is -0.745. The first kappa shape index (κ1) is 11.0. The number of rotatable bonds is 2. The molecule has 0 aliphatic rings. The summed E-state index contributed by atoms with van der Waals surface area (Å²) in [6.45, 7) is -0.0289. The van der Waals surface area contributed by atoms with E-state index in [4.69, 9.17) is 10.3 Å². The first-order valence-electron chi connectivity index (χ1n) is 1.71. The Morgan fingerprint density at radius 3 is 1.88 bits per heavy atom. The van der Waals surface area contributed by atoms with Gasteiger partial charge in [-0.1, -0.05) is 0 Å². The van der Waals surface area contributed by atoms with Crippen molar-refractivity contribution in [2.45, 2.75) is 0 Å². The molecule has 0 aromatic carbocycles. The third-order valence-corrected chi connectivity index (χ3v) is 1.13. The van der Waals surface area contributed by atoms with Crippen LogP contribution in [0.2, 0.25) is 0 Å². The smallest absolute Gasteiger partial charge is 0.266 e. The molecular weight excluding hydrogens is 154 g/mol. The molecule has 0 saturated carbocycles. The normalized spacial score (nSPS) is 10.2. The Bertz CT molecular complexity index is 130. The molecule has 0 fully saturated rings. The van der Waals surface area contributed by atoms with Crippen molar-refractivity contribution in [3.63, 3.8) is 0 Å². The van der Waals surface area contributed by atoms with E-state index in [0.717, 1.165) is 0 Å². The van der Waals surface area contributed by atoms with E-state index < -0.39 is 10.1 Å². The van der Waals surface area contributed by atoms with E-state index in [1.54, 1.807) is 0 Å². The summed E-state index contributed by atoms with van der Waals surface area (Å²) in [4.78, 5) is 0. The third kappa shape index (κ3) is 9.48. The highest BCUT2D eigenvalue weighted by molar-refractivity contribution is 7.85. The average molecular weight is 162 g/mol. The molecule has 0 spiro atoms. The van der Waals surface area contributed by atoms with Gasteiger partial charge in [0.25, 0.3) is 10.1 Å². The second kappa shape index (κ2) is 4.08. The molecule has 4 nitrogen and oxygen atoms in total. The Balaban J connectivity index is 0. The maximum atomic E-state index is 9.71. The van der Waals surface area contributed by atoms with Crippen molar-refractivity contribution in [3.8, 4) is 0 Å². The highest BCUT2D eigenvalue weighted by atomic mass is 35.5. The average Bonchev–Trinajstić information content (AvgIpc) is 1.30. The number of hydrogen-bond acceptors (Lipinski definition) is 3. The second-order valence-electron chi connectivity index (χ2n) is 1.07. The molecule has 0 aliphatic carbocycles. The number of nitrogens with two attached hydrogens (primary N) is 1. The zero-order valence-corrected chi connectivity index (χ0v) is 5.70. The van der Waals surface area contributed by atoms with Crippen molar-refractivity contribution < 1.29 is 13.0 Å². The monoisotopic (exact) mass is 161 g/mol. The van der Waals surface area contributed by atoms with Crippen LogP contribution in [-0.4, -0.2) is 25.3 Å². The van der Waals surface area contributed by atoms with E-state index in [0.29, 0.717) is 0 Å². The minimum atomic E-state index is -3.80. The van der Waals surface area contributed by atoms with Gasteiger partial charge in [0.1, 0.15) is 0 Å². The lowest BCUT2D eigenvalue weighted by Gasteiger charge is -1.86. The van der Waals surface area contributed by atoms with Crippen molar-refractivity contribution in [2.24, 2.45) is 5.73 Å². The summed E-state index contributed by atoms with van der Waals surface area (Å²) >= 11 is 0. The summed E-state index contributed by atoms with van der Waals surface area (Å²) < 4.78 is 27.3. The molecule has 0 bridgehead atoms. The minimum absolute atomic E-state index is 0. The van der Waals surface area contributed by atoms with Crippen LogP contribution in [0, 0.1) is 0 Å². The summed E-state index contributed by atoms with van der Waals surface area (Å²) in [7, 11) is -3.80. The quantitative estimate of drug-likeness (QED) is 0.523. The fourth-order valence-corrected chi connectivity index (χ4v) is 0.447. The van der Waals surface area contributed by atoms with Crippen LogP contribution in [0.3, 0.4) is 0 Å². The molecule has 3 N–H and O–H groups in total. The van der Waals surface area contributed by atoms with Crippen LogP contribution < -0.4 is 5.73 Å². The fraction of sp³-hybridized carbons (Fsp3) is 1.00. The zero-order chi connectivity index (χ0) is 5.91.